The molecule has 3 unspecified atom stereocenters. The van der Waals surface area contributed by atoms with Gasteiger partial charge in [0, 0.05) is 19.2 Å². The Labute approximate surface area is 116 Å². The molecule has 0 heterocycles. The van der Waals surface area contributed by atoms with E-state index in [4.69, 9.17) is 4.74 Å². The van der Waals surface area contributed by atoms with E-state index in [0.29, 0.717) is 18.2 Å². The van der Waals surface area contributed by atoms with E-state index in [0.717, 1.165) is 0 Å². The van der Waals surface area contributed by atoms with Crippen molar-refractivity contribution in [3.05, 3.63) is 35.4 Å². The van der Waals surface area contributed by atoms with E-state index >= 15 is 0 Å². The molecule has 1 aromatic carbocycles. The molecule has 2 aliphatic carbocycles. The Morgan fingerprint density at radius 3 is 2.74 bits per heavy atom. The minimum absolute atomic E-state index is 0.474. The molecule has 0 saturated heterocycles. The van der Waals surface area contributed by atoms with Gasteiger partial charge in [0.1, 0.15) is 0 Å². The van der Waals surface area contributed by atoms with Gasteiger partial charge in [0.15, 0.2) is 0 Å². The molecule has 0 aliphatic heterocycles. The molecule has 1 aromatic rings. The highest BCUT2D eigenvalue weighted by Gasteiger charge is 2.25. The predicted molar refractivity (Wildman–Crippen MR) is 78.4 cm³/mol. The molecule has 104 valence electrons. The van der Waals surface area contributed by atoms with Crippen molar-refractivity contribution in [2.45, 2.75) is 63.1 Å². The lowest BCUT2D eigenvalue weighted by molar-refractivity contribution is 0.0565. The summed E-state index contributed by atoms with van der Waals surface area (Å²) >= 11 is 0. The normalized spacial score (nSPS) is 30.9. The summed E-state index contributed by atoms with van der Waals surface area (Å²) in [6.45, 7) is 0. The summed E-state index contributed by atoms with van der Waals surface area (Å²) in [6, 6.07) is 10.2. The quantitative estimate of drug-likeness (QED) is 0.900. The monoisotopic (exact) mass is 259 g/mol. The average Bonchev–Trinajstić information content (AvgIpc) is 2.47. The minimum atomic E-state index is 0.474. The van der Waals surface area contributed by atoms with Gasteiger partial charge in [-0.25, -0.2) is 0 Å². The molecule has 0 radical (unpaired) electrons. The van der Waals surface area contributed by atoms with Crippen molar-refractivity contribution in [3.8, 4) is 0 Å². The maximum atomic E-state index is 5.53. The SMILES string of the molecule is COC1CCCC(NC2CCc3ccccc3C2)C1. The first kappa shape index (κ1) is 13.1. The van der Waals surface area contributed by atoms with Crippen LogP contribution in [0.25, 0.3) is 0 Å². The fraction of sp³-hybridized carbons (Fsp3) is 0.647. The van der Waals surface area contributed by atoms with Crippen molar-refractivity contribution in [1.29, 1.82) is 0 Å². The van der Waals surface area contributed by atoms with Crippen LogP contribution < -0.4 is 5.32 Å². The van der Waals surface area contributed by atoms with Crippen LogP contribution in [0.1, 0.15) is 43.2 Å². The van der Waals surface area contributed by atoms with Gasteiger partial charge >= 0.3 is 0 Å². The van der Waals surface area contributed by atoms with Crippen LogP contribution in [0.5, 0.6) is 0 Å². The second kappa shape index (κ2) is 6.06. The lowest BCUT2D eigenvalue weighted by atomic mass is 9.86. The van der Waals surface area contributed by atoms with Gasteiger partial charge in [-0.05, 0) is 56.1 Å². The Bertz CT molecular complexity index is 417. The fourth-order valence-electron chi connectivity index (χ4n) is 3.68. The van der Waals surface area contributed by atoms with Crippen LogP contribution in [0.4, 0.5) is 0 Å². The van der Waals surface area contributed by atoms with Gasteiger partial charge in [-0.2, -0.15) is 0 Å². The third kappa shape index (κ3) is 3.18. The van der Waals surface area contributed by atoms with E-state index in [9.17, 15) is 0 Å². The van der Waals surface area contributed by atoms with E-state index in [1.54, 1.807) is 11.1 Å². The summed E-state index contributed by atoms with van der Waals surface area (Å²) in [5.41, 5.74) is 3.10. The smallest absolute Gasteiger partial charge is 0.0586 e. The standard InChI is InChI=1S/C17H25NO/c1-19-17-8-4-7-15(12-17)18-16-10-9-13-5-2-3-6-14(13)11-16/h2-3,5-6,15-18H,4,7-12H2,1H3. The molecule has 19 heavy (non-hydrogen) atoms. The lowest BCUT2D eigenvalue weighted by Gasteiger charge is -2.34. The van der Waals surface area contributed by atoms with Crippen molar-refractivity contribution in [2.24, 2.45) is 0 Å². The van der Waals surface area contributed by atoms with Gasteiger partial charge in [0.05, 0.1) is 6.10 Å². The maximum Gasteiger partial charge on any atom is 0.0586 e. The fourth-order valence-corrected chi connectivity index (χ4v) is 3.68. The molecular formula is C17H25NO. The Kier molecular flexibility index (Phi) is 4.19. The number of benzene rings is 1. The van der Waals surface area contributed by atoms with Gasteiger partial charge in [0.2, 0.25) is 0 Å². The second-order valence-corrected chi connectivity index (χ2v) is 6.10. The first-order valence-corrected chi connectivity index (χ1v) is 7.71. The summed E-state index contributed by atoms with van der Waals surface area (Å²) in [5, 5.41) is 3.88. The van der Waals surface area contributed by atoms with E-state index in [1.807, 2.05) is 7.11 Å². The largest absolute Gasteiger partial charge is 0.381 e. The first-order valence-electron chi connectivity index (χ1n) is 7.71. The van der Waals surface area contributed by atoms with Crippen LogP contribution in [0.2, 0.25) is 0 Å². The number of ether oxygens (including phenoxy) is 1. The van der Waals surface area contributed by atoms with Gasteiger partial charge in [-0.15, -0.1) is 0 Å². The molecule has 0 bridgehead atoms. The number of rotatable bonds is 3. The van der Waals surface area contributed by atoms with E-state index < -0.39 is 0 Å². The van der Waals surface area contributed by atoms with Gasteiger partial charge in [-0.1, -0.05) is 24.3 Å². The van der Waals surface area contributed by atoms with Crippen LogP contribution in [-0.2, 0) is 17.6 Å². The van der Waals surface area contributed by atoms with Crippen LogP contribution in [0, 0.1) is 0 Å². The molecule has 0 amide bonds. The van der Waals surface area contributed by atoms with E-state index in [1.165, 1.54) is 44.9 Å². The van der Waals surface area contributed by atoms with E-state index in [2.05, 4.69) is 29.6 Å². The Hall–Kier alpha value is -0.860. The zero-order valence-corrected chi connectivity index (χ0v) is 11.9. The van der Waals surface area contributed by atoms with Crippen molar-refractivity contribution in [2.75, 3.05) is 7.11 Å². The van der Waals surface area contributed by atoms with Crippen LogP contribution >= 0.6 is 0 Å². The number of hydrogen-bond acceptors (Lipinski definition) is 2. The third-order valence-corrected chi connectivity index (χ3v) is 4.78. The zero-order valence-electron chi connectivity index (χ0n) is 11.9. The zero-order chi connectivity index (χ0) is 13.1. The Balaban J connectivity index is 1.57. The molecule has 2 nitrogen and oxygen atoms in total. The van der Waals surface area contributed by atoms with Crippen LogP contribution in [0.15, 0.2) is 24.3 Å². The molecule has 2 heteroatoms. The topological polar surface area (TPSA) is 21.3 Å². The van der Waals surface area contributed by atoms with Crippen molar-refractivity contribution in [3.63, 3.8) is 0 Å². The average molecular weight is 259 g/mol. The Morgan fingerprint density at radius 1 is 1.05 bits per heavy atom. The number of methoxy groups -OCH3 is 1. The first-order chi connectivity index (χ1) is 9.35. The molecule has 1 N–H and O–H groups in total. The van der Waals surface area contributed by atoms with Crippen molar-refractivity contribution in [1.82, 2.24) is 5.32 Å². The number of aryl methyl sites for hydroxylation is 1. The van der Waals surface area contributed by atoms with Gasteiger partial charge in [0.25, 0.3) is 0 Å². The van der Waals surface area contributed by atoms with Gasteiger partial charge < -0.3 is 10.1 Å². The summed E-state index contributed by atoms with van der Waals surface area (Å²) in [6.07, 6.45) is 9.24. The minimum Gasteiger partial charge on any atom is -0.381 e. The van der Waals surface area contributed by atoms with Crippen LogP contribution in [-0.4, -0.2) is 25.3 Å². The van der Waals surface area contributed by atoms with E-state index in [-0.39, 0.29) is 0 Å². The van der Waals surface area contributed by atoms with Crippen molar-refractivity contribution < 1.29 is 4.74 Å². The van der Waals surface area contributed by atoms with Crippen molar-refractivity contribution >= 4 is 0 Å². The highest BCUT2D eigenvalue weighted by molar-refractivity contribution is 5.30. The predicted octanol–water partition coefficient (Wildman–Crippen LogP) is 3.09. The summed E-state index contributed by atoms with van der Waals surface area (Å²) in [5.74, 6) is 0. The summed E-state index contributed by atoms with van der Waals surface area (Å²) in [7, 11) is 1.85. The van der Waals surface area contributed by atoms with Crippen LogP contribution in [0.3, 0.4) is 0 Å². The molecule has 2 aliphatic rings. The Morgan fingerprint density at radius 2 is 1.89 bits per heavy atom. The third-order valence-electron chi connectivity index (χ3n) is 4.78. The molecule has 1 saturated carbocycles. The highest BCUT2D eigenvalue weighted by Crippen LogP contribution is 2.25. The number of nitrogens with one attached hydrogen (secondary N) is 1. The number of fused-ring (bicyclic) bond motifs is 1. The molecular weight excluding hydrogens is 234 g/mol. The molecule has 0 spiro atoms. The second-order valence-electron chi connectivity index (χ2n) is 6.10. The molecule has 1 fully saturated rings. The molecule has 0 aromatic heterocycles. The molecule has 3 atom stereocenters. The van der Waals surface area contributed by atoms with Gasteiger partial charge in [-0.3, -0.25) is 0 Å². The maximum absolute atomic E-state index is 5.53. The summed E-state index contributed by atoms with van der Waals surface area (Å²) in [4.78, 5) is 0. The lowest BCUT2D eigenvalue weighted by Crippen LogP contribution is -2.44. The molecule has 3 rings (SSSR count). The highest BCUT2D eigenvalue weighted by atomic mass is 16.5. The summed E-state index contributed by atoms with van der Waals surface area (Å²) < 4.78 is 5.53. The number of hydrogen-bond donors (Lipinski definition) is 1.